The Hall–Kier alpha value is -3.58. The molecule has 0 atom stereocenters. The highest BCUT2D eigenvalue weighted by atomic mass is 32.2. The molecule has 0 saturated heterocycles. The number of nitrogens with one attached hydrogen (secondary N) is 1. The van der Waals surface area contributed by atoms with E-state index in [2.05, 4.69) is 5.32 Å². The molecule has 0 aliphatic rings. The number of aryl methyl sites for hydroxylation is 2. The predicted molar refractivity (Wildman–Crippen MR) is 134 cm³/mol. The van der Waals surface area contributed by atoms with Crippen molar-refractivity contribution in [2.75, 3.05) is 18.2 Å². The zero-order valence-corrected chi connectivity index (χ0v) is 19.6. The van der Waals surface area contributed by atoms with Gasteiger partial charge in [0.2, 0.25) is 5.91 Å². The predicted octanol–water partition coefficient (Wildman–Crippen LogP) is 5.00. The van der Waals surface area contributed by atoms with E-state index in [1.165, 1.54) is 11.8 Å². The van der Waals surface area contributed by atoms with Gasteiger partial charge in [-0.15, -0.1) is 0 Å². The molecule has 4 aromatic rings. The third kappa shape index (κ3) is 4.78. The summed E-state index contributed by atoms with van der Waals surface area (Å²) in [5, 5.41) is 3.93. The number of carbonyl (C=O) groups excluding carboxylic acids is 1. The van der Waals surface area contributed by atoms with E-state index in [1.54, 1.807) is 17.7 Å². The van der Waals surface area contributed by atoms with Crippen LogP contribution < -0.4 is 15.6 Å². The molecule has 0 fully saturated rings. The van der Waals surface area contributed by atoms with Crippen molar-refractivity contribution in [3.05, 3.63) is 88.2 Å². The van der Waals surface area contributed by atoms with Gasteiger partial charge in [0.15, 0.2) is 5.16 Å². The highest BCUT2D eigenvalue weighted by Gasteiger charge is 2.17. The van der Waals surface area contributed by atoms with Gasteiger partial charge in [-0.05, 0) is 54.8 Å². The molecule has 0 aliphatic heterocycles. The Labute approximate surface area is 196 Å². The summed E-state index contributed by atoms with van der Waals surface area (Å²) in [6, 6.07) is 20.7. The first-order valence-electron chi connectivity index (χ1n) is 10.7. The first kappa shape index (κ1) is 22.6. The van der Waals surface area contributed by atoms with Crippen molar-refractivity contribution in [3.8, 4) is 11.4 Å². The smallest absolute Gasteiger partial charge is 0.266 e. The van der Waals surface area contributed by atoms with Crippen molar-refractivity contribution in [3.63, 3.8) is 0 Å². The van der Waals surface area contributed by atoms with Crippen molar-refractivity contribution in [2.45, 2.75) is 25.4 Å². The van der Waals surface area contributed by atoms with E-state index < -0.39 is 0 Å². The number of thioether (sulfide) groups is 1. The molecule has 0 bridgehead atoms. The fourth-order valence-electron chi connectivity index (χ4n) is 3.69. The molecular formula is C26H25N3O3S. The molecule has 0 saturated carbocycles. The number of benzene rings is 3. The lowest BCUT2D eigenvalue weighted by Gasteiger charge is -2.16. The molecular weight excluding hydrogens is 434 g/mol. The lowest BCUT2D eigenvalue weighted by Crippen LogP contribution is -2.24. The van der Waals surface area contributed by atoms with Crippen molar-refractivity contribution in [1.29, 1.82) is 0 Å². The van der Waals surface area contributed by atoms with Crippen molar-refractivity contribution < 1.29 is 9.53 Å². The molecule has 168 valence electrons. The second-order valence-electron chi connectivity index (χ2n) is 7.57. The number of anilines is 1. The largest absolute Gasteiger partial charge is 0.495 e. The monoisotopic (exact) mass is 459 g/mol. The number of aromatic nitrogens is 2. The number of para-hydroxylation sites is 2. The molecule has 0 radical (unpaired) electrons. The van der Waals surface area contributed by atoms with E-state index >= 15 is 0 Å². The minimum absolute atomic E-state index is 0.0934. The summed E-state index contributed by atoms with van der Waals surface area (Å²) < 4.78 is 6.97. The van der Waals surface area contributed by atoms with E-state index in [4.69, 9.17) is 9.72 Å². The maximum Gasteiger partial charge on any atom is 0.266 e. The van der Waals surface area contributed by atoms with Crippen molar-refractivity contribution >= 4 is 34.3 Å². The maximum atomic E-state index is 13.5. The fourth-order valence-corrected chi connectivity index (χ4v) is 4.49. The summed E-state index contributed by atoms with van der Waals surface area (Å²) in [6.45, 7) is 4.00. The molecule has 0 unspecified atom stereocenters. The van der Waals surface area contributed by atoms with Crippen LogP contribution in [0.3, 0.4) is 0 Å². The third-order valence-corrected chi connectivity index (χ3v) is 6.26. The van der Waals surface area contributed by atoms with Gasteiger partial charge >= 0.3 is 0 Å². The number of hydrogen-bond acceptors (Lipinski definition) is 5. The van der Waals surface area contributed by atoms with E-state index in [0.717, 1.165) is 23.2 Å². The molecule has 1 N–H and O–H groups in total. The Morgan fingerprint density at radius 3 is 2.64 bits per heavy atom. The average Bonchev–Trinajstić information content (AvgIpc) is 2.83. The van der Waals surface area contributed by atoms with E-state index in [1.807, 2.05) is 74.5 Å². The van der Waals surface area contributed by atoms with Crippen LogP contribution in [0.15, 0.2) is 76.7 Å². The zero-order chi connectivity index (χ0) is 23.4. The number of fused-ring (bicyclic) bond motifs is 1. The van der Waals surface area contributed by atoms with Crippen molar-refractivity contribution in [2.24, 2.45) is 0 Å². The Bertz CT molecular complexity index is 1380. The quantitative estimate of drug-likeness (QED) is 0.311. The Morgan fingerprint density at radius 2 is 1.85 bits per heavy atom. The van der Waals surface area contributed by atoms with Gasteiger partial charge in [-0.2, -0.15) is 0 Å². The second-order valence-corrected chi connectivity index (χ2v) is 8.52. The summed E-state index contributed by atoms with van der Waals surface area (Å²) in [5.41, 5.74) is 3.91. The lowest BCUT2D eigenvalue weighted by molar-refractivity contribution is -0.113. The van der Waals surface area contributed by atoms with Gasteiger partial charge in [0.05, 0.1) is 35.1 Å². The summed E-state index contributed by atoms with van der Waals surface area (Å²) in [6.07, 6.45) is 0.771. The first-order valence-corrected chi connectivity index (χ1v) is 11.7. The van der Waals surface area contributed by atoms with Gasteiger partial charge in [-0.1, -0.05) is 55.1 Å². The molecule has 0 aliphatic carbocycles. The highest BCUT2D eigenvalue weighted by Crippen LogP contribution is 2.27. The maximum absolute atomic E-state index is 13.5. The molecule has 4 rings (SSSR count). The number of carbonyl (C=O) groups is 1. The number of hydrogen-bond donors (Lipinski definition) is 1. The SMILES string of the molecule is CCc1ccccc1-n1c(SCC(=O)Nc2cc(C)ccc2OC)nc2ccccc2c1=O. The molecule has 3 aromatic carbocycles. The van der Waals surface area contributed by atoms with Crippen LogP contribution in [0.5, 0.6) is 5.75 Å². The molecule has 7 heteroatoms. The van der Waals surface area contributed by atoms with Crippen LogP contribution in [0.25, 0.3) is 16.6 Å². The van der Waals surface area contributed by atoms with Crippen LogP contribution in [0.2, 0.25) is 0 Å². The minimum Gasteiger partial charge on any atom is -0.495 e. The summed E-state index contributed by atoms with van der Waals surface area (Å²) in [5.74, 6) is 0.481. The van der Waals surface area contributed by atoms with E-state index in [0.29, 0.717) is 27.5 Å². The minimum atomic E-state index is -0.207. The van der Waals surface area contributed by atoms with Gasteiger partial charge in [-0.25, -0.2) is 4.98 Å². The Balaban J connectivity index is 1.70. The summed E-state index contributed by atoms with van der Waals surface area (Å²) >= 11 is 1.23. The topological polar surface area (TPSA) is 73.2 Å². The van der Waals surface area contributed by atoms with Gasteiger partial charge in [-0.3, -0.25) is 14.2 Å². The van der Waals surface area contributed by atoms with Gasteiger partial charge in [0.1, 0.15) is 5.75 Å². The third-order valence-electron chi connectivity index (χ3n) is 5.32. The summed E-state index contributed by atoms with van der Waals surface area (Å²) in [4.78, 5) is 31.0. The summed E-state index contributed by atoms with van der Waals surface area (Å²) in [7, 11) is 1.57. The molecule has 1 heterocycles. The molecule has 1 amide bonds. The van der Waals surface area contributed by atoms with Crippen LogP contribution in [0.1, 0.15) is 18.1 Å². The van der Waals surface area contributed by atoms with Gasteiger partial charge < -0.3 is 10.1 Å². The highest BCUT2D eigenvalue weighted by molar-refractivity contribution is 7.99. The standard InChI is InChI=1S/C26H25N3O3S/c1-4-18-9-5-8-12-22(18)29-25(31)19-10-6-7-11-20(19)28-26(29)33-16-24(30)27-21-15-17(2)13-14-23(21)32-3/h5-15H,4,16H2,1-3H3,(H,27,30). The number of methoxy groups -OCH3 is 1. The van der Waals surface area contributed by atoms with Crippen LogP contribution in [0, 0.1) is 6.92 Å². The molecule has 1 aromatic heterocycles. The lowest BCUT2D eigenvalue weighted by atomic mass is 10.1. The van der Waals surface area contributed by atoms with Crippen LogP contribution >= 0.6 is 11.8 Å². The van der Waals surface area contributed by atoms with Crippen LogP contribution in [-0.4, -0.2) is 28.3 Å². The zero-order valence-electron chi connectivity index (χ0n) is 18.8. The Kier molecular flexibility index (Phi) is 6.79. The fraction of sp³-hybridized carbons (Fsp3) is 0.192. The van der Waals surface area contributed by atoms with E-state index in [9.17, 15) is 9.59 Å². The Morgan fingerprint density at radius 1 is 1.09 bits per heavy atom. The molecule has 33 heavy (non-hydrogen) atoms. The molecule has 0 spiro atoms. The van der Waals surface area contributed by atoms with Gasteiger partial charge in [0, 0.05) is 0 Å². The van der Waals surface area contributed by atoms with E-state index in [-0.39, 0.29) is 17.2 Å². The first-order chi connectivity index (χ1) is 16.0. The van der Waals surface area contributed by atoms with Crippen LogP contribution in [0.4, 0.5) is 5.69 Å². The number of amides is 1. The van der Waals surface area contributed by atoms with Crippen molar-refractivity contribution in [1.82, 2.24) is 9.55 Å². The number of ether oxygens (including phenoxy) is 1. The number of rotatable bonds is 7. The second kappa shape index (κ2) is 9.92. The normalized spacial score (nSPS) is 10.9. The van der Waals surface area contributed by atoms with Gasteiger partial charge in [0.25, 0.3) is 5.56 Å². The van der Waals surface area contributed by atoms with Crippen LogP contribution in [-0.2, 0) is 11.2 Å². The average molecular weight is 460 g/mol. The number of nitrogens with zero attached hydrogens (tertiary/aromatic N) is 2. The molecule has 6 nitrogen and oxygen atoms in total.